The van der Waals surface area contributed by atoms with Crippen LogP contribution in [-0.4, -0.2) is 47.7 Å². The minimum absolute atomic E-state index is 0.00972. The molecule has 1 aromatic rings. The maximum absolute atomic E-state index is 11.8. The summed E-state index contributed by atoms with van der Waals surface area (Å²) in [5, 5.41) is 0. The van der Waals surface area contributed by atoms with Gasteiger partial charge in [-0.05, 0) is 6.07 Å². The standard InChI is InChI=1S/C11H14N4O4/c1-14-5-9(17)15(6-8(14)16)4-7-2-3-19-10(7)11(18)13-12/h2-3H,4-6,12H2,1H3,(H,13,18). The molecule has 0 atom stereocenters. The third kappa shape index (κ3) is 2.58. The number of piperazine rings is 1. The van der Waals surface area contributed by atoms with Crippen LogP contribution in [0.2, 0.25) is 0 Å². The Balaban J connectivity index is 2.13. The van der Waals surface area contributed by atoms with Crippen molar-refractivity contribution in [2.45, 2.75) is 6.54 Å². The van der Waals surface area contributed by atoms with Gasteiger partial charge < -0.3 is 14.2 Å². The van der Waals surface area contributed by atoms with Gasteiger partial charge in [0.1, 0.15) is 6.54 Å². The number of rotatable bonds is 3. The van der Waals surface area contributed by atoms with E-state index in [2.05, 4.69) is 0 Å². The van der Waals surface area contributed by atoms with Crippen LogP contribution in [0.4, 0.5) is 0 Å². The number of nitrogens with two attached hydrogens (primary N) is 1. The van der Waals surface area contributed by atoms with Crippen molar-refractivity contribution >= 4 is 17.7 Å². The van der Waals surface area contributed by atoms with E-state index in [1.807, 2.05) is 5.43 Å². The number of carbonyl (C=O) groups excluding carboxylic acids is 3. The van der Waals surface area contributed by atoms with Crippen LogP contribution in [0.15, 0.2) is 16.7 Å². The normalized spacial score (nSPS) is 15.9. The van der Waals surface area contributed by atoms with E-state index in [-0.39, 0.29) is 37.2 Å². The van der Waals surface area contributed by atoms with Crippen LogP contribution in [0.1, 0.15) is 16.1 Å². The van der Waals surface area contributed by atoms with Crippen molar-refractivity contribution in [3.05, 3.63) is 23.7 Å². The number of carbonyl (C=O) groups is 3. The first kappa shape index (κ1) is 13.1. The fourth-order valence-electron chi connectivity index (χ4n) is 1.84. The van der Waals surface area contributed by atoms with E-state index in [4.69, 9.17) is 10.3 Å². The lowest BCUT2D eigenvalue weighted by Crippen LogP contribution is -2.51. The number of nitrogens with zero attached hydrogens (tertiary/aromatic N) is 2. The molecule has 1 aromatic heterocycles. The van der Waals surface area contributed by atoms with Gasteiger partial charge in [-0.1, -0.05) is 0 Å². The van der Waals surface area contributed by atoms with Gasteiger partial charge in [-0.2, -0.15) is 0 Å². The summed E-state index contributed by atoms with van der Waals surface area (Å²) in [5.74, 6) is 4.18. The van der Waals surface area contributed by atoms with Crippen LogP contribution in [0.3, 0.4) is 0 Å². The summed E-state index contributed by atoms with van der Waals surface area (Å²) in [5.41, 5.74) is 2.47. The number of nitrogens with one attached hydrogen (secondary N) is 1. The number of hydrazine groups is 1. The zero-order valence-electron chi connectivity index (χ0n) is 10.4. The molecule has 3 N–H and O–H groups in total. The summed E-state index contributed by atoms with van der Waals surface area (Å²) in [6.07, 6.45) is 1.34. The molecule has 0 bridgehead atoms. The lowest BCUT2D eigenvalue weighted by Gasteiger charge is -2.31. The predicted octanol–water partition coefficient (Wildman–Crippen LogP) is -1.32. The molecule has 3 amide bonds. The Kier molecular flexibility index (Phi) is 3.52. The van der Waals surface area contributed by atoms with Crippen LogP contribution >= 0.6 is 0 Å². The molecule has 2 heterocycles. The Morgan fingerprint density at radius 3 is 2.84 bits per heavy atom. The topological polar surface area (TPSA) is 109 Å². The molecular formula is C11H14N4O4. The summed E-state index contributed by atoms with van der Waals surface area (Å²) in [7, 11) is 1.57. The van der Waals surface area contributed by atoms with E-state index in [0.29, 0.717) is 5.56 Å². The number of amides is 3. The van der Waals surface area contributed by atoms with Crippen LogP contribution in [-0.2, 0) is 16.1 Å². The van der Waals surface area contributed by atoms with Crippen molar-refractivity contribution in [1.82, 2.24) is 15.2 Å². The van der Waals surface area contributed by atoms with Gasteiger partial charge in [-0.25, -0.2) is 5.84 Å². The summed E-state index contributed by atoms with van der Waals surface area (Å²) in [6, 6.07) is 1.57. The largest absolute Gasteiger partial charge is 0.459 e. The van der Waals surface area contributed by atoms with Gasteiger partial charge in [-0.3, -0.25) is 19.8 Å². The average molecular weight is 266 g/mol. The Morgan fingerprint density at radius 1 is 1.42 bits per heavy atom. The highest BCUT2D eigenvalue weighted by Gasteiger charge is 2.28. The summed E-state index contributed by atoms with van der Waals surface area (Å²) in [4.78, 5) is 37.5. The van der Waals surface area contributed by atoms with Crippen LogP contribution in [0.5, 0.6) is 0 Å². The lowest BCUT2D eigenvalue weighted by atomic mass is 10.2. The summed E-state index contributed by atoms with van der Waals surface area (Å²) < 4.78 is 5.02. The van der Waals surface area contributed by atoms with E-state index in [1.165, 1.54) is 16.1 Å². The molecule has 0 unspecified atom stereocenters. The third-order valence-corrected chi connectivity index (χ3v) is 2.92. The number of hydrogen-bond acceptors (Lipinski definition) is 5. The first-order chi connectivity index (χ1) is 9.02. The minimum atomic E-state index is -0.576. The molecule has 1 fully saturated rings. The van der Waals surface area contributed by atoms with Crippen molar-refractivity contribution < 1.29 is 18.8 Å². The molecule has 102 valence electrons. The highest BCUT2D eigenvalue weighted by molar-refractivity contribution is 5.94. The van der Waals surface area contributed by atoms with Crippen LogP contribution in [0, 0.1) is 0 Å². The molecule has 0 radical (unpaired) electrons. The first-order valence-corrected chi connectivity index (χ1v) is 5.62. The maximum Gasteiger partial charge on any atom is 0.301 e. The molecule has 0 aliphatic carbocycles. The quantitative estimate of drug-likeness (QED) is 0.401. The second kappa shape index (κ2) is 5.11. The second-order valence-electron chi connectivity index (χ2n) is 4.25. The van der Waals surface area contributed by atoms with Gasteiger partial charge in [0.25, 0.3) is 0 Å². The van der Waals surface area contributed by atoms with Gasteiger partial charge >= 0.3 is 5.91 Å². The zero-order chi connectivity index (χ0) is 14.0. The first-order valence-electron chi connectivity index (χ1n) is 5.62. The molecule has 0 spiro atoms. The second-order valence-corrected chi connectivity index (χ2v) is 4.25. The Labute approximate surface area is 109 Å². The smallest absolute Gasteiger partial charge is 0.301 e. The molecule has 1 aliphatic rings. The van der Waals surface area contributed by atoms with Crippen molar-refractivity contribution in [3.63, 3.8) is 0 Å². The Morgan fingerprint density at radius 2 is 2.16 bits per heavy atom. The monoisotopic (exact) mass is 266 g/mol. The molecule has 0 aromatic carbocycles. The van der Waals surface area contributed by atoms with Gasteiger partial charge in [-0.15, -0.1) is 0 Å². The van der Waals surface area contributed by atoms with Gasteiger partial charge in [0.15, 0.2) is 5.76 Å². The van der Waals surface area contributed by atoms with Crippen molar-refractivity contribution in [1.29, 1.82) is 0 Å². The summed E-state index contributed by atoms with van der Waals surface area (Å²) >= 11 is 0. The number of likely N-dealkylation sites (N-methyl/N-ethyl adjacent to an activating group) is 1. The van der Waals surface area contributed by atoms with Gasteiger partial charge in [0.2, 0.25) is 11.8 Å². The Hall–Kier alpha value is -2.35. The predicted molar refractivity (Wildman–Crippen MR) is 63.4 cm³/mol. The SMILES string of the molecule is CN1CC(=O)N(Cc2ccoc2C(=O)NN)CC1=O. The van der Waals surface area contributed by atoms with Crippen LogP contribution in [0.25, 0.3) is 0 Å². The highest BCUT2D eigenvalue weighted by atomic mass is 16.3. The molecular weight excluding hydrogens is 252 g/mol. The lowest BCUT2D eigenvalue weighted by molar-refractivity contribution is -0.149. The van der Waals surface area contributed by atoms with Gasteiger partial charge in [0, 0.05) is 12.6 Å². The molecule has 1 aliphatic heterocycles. The van der Waals surface area contributed by atoms with Gasteiger partial charge in [0.05, 0.1) is 19.4 Å². The third-order valence-electron chi connectivity index (χ3n) is 2.92. The molecule has 0 saturated carbocycles. The van der Waals surface area contributed by atoms with E-state index in [9.17, 15) is 14.4 Å². The fraction of sp³-hybridized carbons (Fsp3) is 0.364. The highest BCUT2D eigenvalue weighted by Crippen LogP contribution is 2.15. The molecule has 8 nitrogen and oxygen atoms in total. The fourth-order valence-corrected chi connectivity index (χ4v) is 1.84. The molecule has 8 heteroatoms. The number of nitrogen functional groups attached to an aromatic ring is 1. The van der Waals surface area contributed by atoms with Crippen molar-refractivity contribution in [2.75, 3.05) is 20.1 Å². The van der Waals surface area contributed by atoms with E-state index in [0.717, 1.165) is 0 Å². The van der Waals surface area contributed by atoms with E-state index >= 15 is 0 Å². The van der Waals surface area contributed by atoms with Crippen LogP contribution < -0.4 is 11.3 Å². The maximum atomic E-state index is 11.8. The summed E-state index contributed by atoms with van der Waals surface area (Å²) in [6.45, 7) is 0.164. The molecule has 19 heavy (non-hydrogen) atoms. The number of furan rings is 1. The van der Waals surface area contributed by atoms with Crippen molar-refractivity contribution in [2.24, 2.45) is 5.84 Å². The molecule has 1 saturated heterocycles. The van der Waals surface area contributed by atoms with E-state index in [1.54, 1.807) is 13.1 Å². The molecule has 2 rings (SSSR count). The zero-order valence-corrected chi connectivity index (χ0v) is 10.4. The Bertz CT molecular complexity index is 525. The van der Waals surface area contributed by atoms with E-state index < -0.39 is 5.91 Å². The van der Waals surface area contributed by atoms with Crippen molar-refractivity contribution in [3.8, 4) is 0 Å². The number of hydrogen-bond donors (Lipinski definition) is 2. The average Bonchev–Trinajstić information content (AvgIpc) is 2.83. The minimum Gasteiger partial charge on any atom is -0.459 e.